The van der Waals surface area contributed by atoms with E-state index >= 15 is 0 Å². The summed E-state index contributed by atoms with van der Waals surface area (Å²) in [5.41, 5.74) is 0.468. The van der Waals surface area contributed by atoms with Crippen LogP contribution in [0.5, 0.6) is 0 Å². The summed E-state index contributed by atoms with van der Waals surface area (Å²) in [6.45, 7) is 4.64. The van der Waals surface area contributed by atoms with E-state index in [9.17, 15) is 4.79 Å². The van der Waals surface area contributed by atoms with Crippen molar-refractivity contribution in [2.24, 2.45) is 0 Å². The van der Waals surface area contributed by atoms with E-state index in [4.69, 9.17) is 11.6 Å². The number of hydrogen-bond acceptors (Lipinski definition) is 4. The summed E-state index contributed by atoms with van der Waals surface area (Å²) in [5.74, 6) is 1.11. The molecule has 2 heterocycles. The molecule has 2 aromatic rings. The van der Waals surface area contributed by atoms with E-state index in [-0.39, 0.29) is 17.1 Å². The number of nitrogens with one attached hydrogen (secondary N) is 3. The van der Waals surface area contributed by atoms with E-state index in [1.54, 1.807) is 24.5 Å². The van der Waals surface area contributed by atoms with Crippen molar-refractivity contribution >= 4 is 23.3 Å². The molecule has 0 aliphatic carbocycles. The third-order valence-corrected chi connectivity index (χ3v) is 3.17. The molecule has 0 spiro atoms. The van der Waals surface area contributed by atoms with Gasteiger partial charge in [-0.2, -0.15) is 0 Å². The number of nitrogens with zero attached hydrogens (tertiary/aromatic N) is 2. The van der Waals surface area contributed by atoms with Gasteiger partial charge in [-0.05, 0) is 25.5 Å². The summed E-state index contributed by atoms with van der Waals surface area (Å²) in [6.07, 6.45) is 4.13. The molecular weight excluding hydrogens is 290 g/mol. The molecule has 6 nitrogen and oxygen atoms in total. The molecule has 0 saturated heterocycles. The molecule has 2 aromatic heterocycles. The number of imidazole rings is 1. The Balaban J connectivity index is 2.15. The second-order valence-electron chi connectivity index (χ2n) is 4.50. The average Bonchev–Trinajstić information content (AvgIpc) is 2.98. The lowest BCUT2D eigenvalue weighted by Crippen LogP contribution is -2.29. The summed E-state index contributed by atoms with van der Waals surface area (Å²) in [7, 11) is 0. The molecule has 2 rings (SSSR count). The van der Waals surface area contributed by atoms with E-state index in [0.717, 1.165) is 12.2 Å². The van der Waals surface area contributed by atoms with E-state index in [1.807, 2.05) is 13.8 Å². The van der Waals surface area contributed by atoms with Crippen molar-refractivity contribution in [1.29, 1.82) is 0 Å². The number of aromatic nitrogens is 3. The Labute approximate surface area is 128 Å². The van der Waals surface area contributed by atoms with Crippen LogP contribution < -0.4 is 10.6 Å². The van der Waals surface area contributed by atoms with Gasteiger partial charge in [0.15, 0.2) is 0 Å². The monoisotopic (exact) mass is 307 g/mol. The Kier molecular flexibility index (Phi) is 5.16. The Morgan fingerprint density at radius 2 is 2.24 bits per heavy atom. The number of amides is 1. The lowest BCUT2D eigenvalue weighted by atomic mass is 10.2. The third-order valence-electron chi connectivity index (χ3n) is 2.98. The molecule has 1 atom stereocenters. The highest BCUT2D eigenvalue weighted by Crippen LogP contribution is 2.17. The molecule has 7 heteroatoms. The molecule has 1 unspecified atom stereocenters. The smallest absolute Gasteiger partial charge is 0.252 e. The van der Waals surface area contributed by atoms with Crippen LogP contribution in [0.4, 0.5) is 5.82 Å². The lowest BCUT2D eigenvalue weighted by Gasteiger charge is -2.15. The van der Waals surface area contributed by atoms with Gasteiger partial charge in [-0.15, -0.1) is 0 Å². The molecule has 1 amide bonds. The first-order valence-electron chi connectivity index (χ1n) is 6.85. The topological polar surface area (TPSA) is 82.7 Å². The molecule has 0 bridgehead atoms. The minimum Gasteiger partial charge on any atom is -0.370 e. The first kappa shape index (κ1) is 15.3. The number of H-pyrrole nitrogens is 1. The zero-order chi connectivity index (χ0) is 15.2. The summed E-state index contributed by atoms with van der Waals surface area (Å²) >= 11 is 5.95. The largest absolute Gasteiger partial charge is 0.370 e. The molecule has 0 aromatic carbocycles. The number of hydrogen-bond donors (Lipinski definition) is 3. The highest BCUT2D eigenvalue weighted by Gasteiger charge is 2.17. The fraction of sp³-hybridized carbons (Fsp3) is 0.357. The van der Waals surface area contributed by atoms with Gasteiger partial charge in [-0.25, -0.2) is 9.97 Å². The van der Waals surface area contributed by atoms with E-state index in [2.05, 4.69) is 25.6 Å². The normalized spacial score (nSPS) is 12.0. The van der Waals surface area contributed by atoms with Crippen LogP contribution in [0.1, 0.15) is 42.5 Å². The molecule has 0 radical (unpaired) electrons. The molecule has 3 N–H and O–H groups in total. The number of halogens is 1. The molecule has 21 heavy (non-hydrogen) atoms. The van der Waals surface area contributed by atoms with E-state index < -0.39 is 0 Å². The highest BCUT2D eigenvalue weighted by atomic mass is 35.5. The summed E-state index contributed by atoms with van der Waals surface area (Å²) in [5, 5.41) is 6.26. The minimum absolute atomic E-state index is 0.165. The Morgan fingerprint density at radius 1 is 1.43 bits per heavy atom. The van der Waals surface area contributed by atoms with Crippen LogP contribution in [0.15, 0.2) is 24.5 Å². The predicted molar refractivity (Wildman–Crippen MR) is 82.5 cm³/mol. The SMILES string of the molecule is CCNc1cc(C(=O)NC(CC)c2ncc[nH]2)cc(Cl)n1. The fourth-order valence-corrected chi connectivity index (χ4v) is 2.18. The van der Waals surface area contributed by atoms with Gasteiger partial charge in [0.2, 0.25) is 0 Å². The van der Waals surface area contributed by atoms with Crippen LogP contribution >= 0.6 is 11.6 Å². The van der Waals surface area contributed by atoms with Gasteiger partial charge in [0.25, 0.3) is 5.91 Å². The van der Waals surface area contributed by atoms with E-state index in [0.29, 0.717) is 17.9 Å². The zero-order valence-corrected chi connectivity index (χ0v) is 12.7. The summed E-state index contributed by atoms with van der Waals surface area (Å²) in [4.78, 5) is 23.7. The first-order valence-corrected chi connectivity index (χ1v) is 7.23. The number of pyridine rings is 1. The van der Waals surface area contributed by atoms with Gasteiger partial charge < -0.3 is 15.6 Å². The Hall–Kier alpha value is -2.08. The maximum absolute atomic E-state index is 12.4. The zero-order valence-electron chi connectivity index (χ0n) is 12.0. The van der Waals surface area contributed by atoms with E-state index in [1.165, 1.54) is 0 Å². The standard InChI is InChI=1S/C14H18ClN5O/c1-3-10(13-17-5-6-18-13)19-14(21)9-7-11(15)20-12(8-9)16-4-2/h5-8,10H,3-4H2,1-2H3,(H,16,20)(H,17,18)(H,19,21). The van der Waals surface area contributed by atoms with Crippen molar-refractivity contribution in [3.8, 4) is 0 Å². The van der Waals surface area contributed by atoms with Crippen LogP contribution in [0.25, 0.3) is 0 Å². The van der Waals surface area contributed by atoms with Gasteiger partial charge in [0.1, 0.15) is 16.8 Å². The lowest BCUT2D eigenvalue weighted by molar-refractivity contribution is 0.0934. The van der Waals surface area contributed by atoms with Gasteiger partial charge in [0, 0.05) is 24.5 Å². The summed E-state index contributed by atoms with van der Waals surface area (Å²) in [6, 6.07) is 3.06. The van der Waals surface area contributed by atoms with Crippen LogP contribution in [0.3, 0.4) is 0 Å². The number of rotatable bonds is 6. The van der Waals surface area contributed by atoms with Crippen molar-refractivity contribution in [3.05, 3.63) is 41.1 Å². The summed E-state index contributed by atoms with van der Waals surface area (Å²) < 4.78 is 0. The molecule has 0 saturated carbocycles. The van der Waals surface area contributed by atoms with Crippen molar-refractivity contribution in [2.75, 3.05) is 11.9 Å². The second-order valence-corrected chi connectivity index (χ2v) is 4.89. The molecule has 0 aliphatic rings. The quantitative estimate of drug-likeness (QED) is 0.717. The van der Waals surface area contributed by atoms with Crippen LogP contribution in [-0.2, 0) is 0 Å². The second kappa shape index (κ2) is 7.08. The molecule has 112 valence electrons. The Morgan fingerprint density at radius 3 is 2.86 bits per heavy atom. The highest BCUT2D eigenvalue weighted by molar-refractivity contribution is 6.29. The number of carbonyl (C=O) groups excluding carboxylic acids is 1. The molecular formula is C14H18ClN5O. The molecule has 0 aliphatic heterocycles. The maximum atomic E-state index is 12.4. The minimum atomic E-state index is -0.207. The first-order chi connectivity index (χ1) is 10.1. The van der Waals surface area contributed by atoms with Gasteiger partial charge in [-0.3, -0.25) is 4.79 Å². The Bertz CT molecular complexity index is 599. The fourth-order valence-electron chi connectivity index (χ4n) is 1.97. The number of aromatic amines is 1. The van der Waals surface area contributed by atoms with Gasteiger partial charge in [0.05, 0.1) is 6.04 Å². The number of carbonyl (C=O) groups is 1. The van der Waals surface area contributed by atoms with Crippen LogP contribution in [0, 0.1) is 0 Å². The van der Waals surface area contributed by atoms with Gasteiger partial charge >= 0.3 is 0 Å². The predicted octanol–water partition coefficient (Wildman–Crippen LogP) is 2.77. The van der Waals surface area contributed by atoms with Crippen LogP contribution in [-0.4, -0.2) is 27.4 Å². The van der Waals surface area contributed by atoms with Crippen LogP contribution in [0.2, 0.25) is 5.15 Å². The third kappa shape index (κ3) is 3.95. The molecule has 0 fully saturated rings. The van der Waals surface area contributed by atoms with Crippen molar-refractivity contribution < 1.29 is 4.79 Å². The van der Waals surface area contributed by atoms with Gasteiger partial charge in [-0.1, -0.05) is 18.5 Å². The maximum Gasteiger partial charge on any atom is 0.252 e. The van der Waals surface area contributed by atoms with Crippen molar-refractivity contribution in [2.45, 2.75) is 26.3 Å². The average molecular weight is 308 g/mol. The van der Waals surface area contributed by atoms with Crippen molar-refractivity contribution in [1.82, 2.24) is 20.3 Å². The number of anilines is 1. The van der Waals surface area contributed by atoms with Crippen molar-refractivity contribution in [3.63, 3.8) is 0 Å².